The highest BCUT2D eigenvalue weighted by Gasteiger charge is 2.27. The Bertz CT molecular complexity index is 1120. The molecule has 33 heavy (non-hydrogen) atoms. The summed E-state index contributed by atoms with van der Waals surface area (Å²) in [5.74, 6) is -1.17. The number of sulfonamides is 1. The van der Waals surface area contributed by atoms with Crippen LogP contribution in [-0.2, 0) is 29.1 Å². The summed E-state index contributed by atoms with van der Waals surface area (Å²) >= 11 is 11.8. The summed E-state index contributed by atoms with van der Waals surface area (Å²) in [6.45, 7) is 2.09. The zero-order chi connectivity index (χ0) is 24.0. The number of morpholine rings is 1. The minimum absolute atomic E-state index is 0.0418. The molecule has 1 saturated heterocycles. The SMILES string of the molecule is CC(OC(=O)COc1ccc(Cl)cc1Cl)C(=O)Nc1cccc(S(=O)(=O)N2CCOCC2)c1. The zero-order valence-corrected chi connectivity index (χ0v) is 20.0. The van der Waals surface area contributed by atoms with Crippen molar-refractivity contribution in [3.05, 3.63) is 52.5 Å². The molecule has 3 rings (SSSR count). The minimum atomic E-state index is -3.72. The van der Waals surface area contributed by atoms with Gasteiger partial charge in [-0.25, -0.2) is 13.2 Å². The molecule has 1 unspecified atom stereocenters. The van der Waals surface area contributed by atoms with Crippen LogP contribution in [0, 0.1) is 0 Å². The largest absolute Gasteiger partial charge is 0.480 e. The highest BCUT2D eigenvalue weighted by atomic mass is 35.5. The van der Waals surface area contributed by atoms with Gasteiger partial charge in [0.1, 0.15) is 5.75 Å². The van der Waals surface area contributed by atoms with Crippen molar-refractivity contribution < 1.29 is 32.2 Å². The monoisotopic (exact) mass is 516 g/mol. The van der Waals surface area contributed by atoms with Gasteiger partial charge in [-0.1, -0.05) is 29.3 Å². The first-order valence-corrected chi connectivity index (χ1v) is 12.1. The molecule has 1 amide bonds. The van der Waals surface area contributed by atoms with Gasteiger partial charge in [0.15, 0.2) is 12.7 Å². The number of benzene rings is 2. The first kappa shape index (κ1) is 25.3. The lowest BCUT2D eigenvalue weighted by Gasteiger charge is -2.26. The van der Waals surface area contributed by atoms with Gasteiger partial charge >= 0.3 is 5.97 Å². The topological polar surface area (TPSA) is 111 Å². The highest BCUT2D eigenvalue weighted by molar-refractivity contribution is 7.89. The zero-order valence-electron chi connectivity index (χ0n) is 17.6. The van der Waals surface area contributed by atoms with Gasteiger partial charge in [0.2, 0.25) is 10.0 Å². The Labute approximate surface area is 201 Å². The van der Waals surface area contributed by atoms with Crippen LogP contribution in [0.15, 0.2) is 47.4 Å². The molecule has 2 aromatic rings. The number of nitrogens with one attached hydrogen (secondary N) is 1. The van der Waals surface area contributed by atoms with Crippen molar-refractivity contribution in [3.8, 4) is 5.75 Å². The van der Waals surface area contributed by atoms with Gasteiger partial charge in [-0.3, -0.25) is 4.79 Å². The van der Waals surface area contributed by atoms with Crippen molar-refractivity contribution in [1.29, 1.82) is 0 Å². The van der Waals surface area contributed by atoms with E-state index in [0.29, 0.717) is 18.2 Å². The molecule has 178 valence electrons. The maximum absolute atomic E-state index is 12.8. The van der Waals surface area contributed by atoms with Crippen molar-refractivity contribution in [3.63, 3.8) is 0 Å². The van der Waals surface area contributed by atoms with Gasteiger partial charge in [0, 0.05) is 23.8 Å². The summed E-state index contributed by atoms with van der Waals surface area (Å²) in [6.07, 6.45) is -1.15. The number of carbonyl (C=O) groups excluding carboxylic acids is 2. The number of carbonyl (C=O) groups is 2. The number of hydrogen-bond donors (Lipinski definition) is 1. The smallest absolute Gasteiger partial charge is 0.344 e. The van der Waals surface area contributed by atoms with Crippen molar-refractivity contribution in [2.24, 2.45) is 0 Å². The molecule has 0 spiro atoms. The molecule has 0 saturated carbocycles. The van der Waals surface area contributed by atoms with E-state index >= 15 is 0 Å². The standard InChI is InChI=1S/C21H22Cl2N2O7S/c1-14(32-20(26)13-31-19-6-5-15(22)11-18(19)23)21(27)24-16-3-2-4-17(12-16)33(28,29)25-7-9-30-10-8-25/h2-6,11-12,14H,7-10,13H2,1H3,(H,24,27). The van der Waals surface area contributed by atoms with E-state index in [4.69, 9.17) is 37.4 Å². The Morgan fingerprint density at radius 1 is 1.15 bits per heavy atom. The summed E-state index contributed by atoms with van der Waals surface area (Å²) in [5.41, 5.74) is 0.251. The lowest BCUT2D eigenvalue weighted by Crippen LogP contribution is -2.40. The van der Waals surface area contributed by atoms with Crippen LogP contribution < -0.4 is 10.1 Å². The van der Waals surface area contributed by atoms with E-state index in [9.17, 15) is 18.0 Å². The second-order valence-electron chi connectivity index (χ2n) is 7.03. The van der Waals surface area contributed by atoms with E-state index < -0.39 is 34.6 Å². The van der Waals surface area contributed by atoms with Gasteiger partial charge in [-0.05, 0) is 43.3 Å². The second kappa shape index (κ2) is 11.2. The summed E-state index contributed by atoms with van der Waals surface area (Å²) in [7, 11) is -3.72. The Hall–Kier alpha value is -2.37. The van der Waals surface area contributed by atoms with E-state index in [1.807, 2.05) is 0 Å². The average Bonchev–Trinajstić information content (AvgIpc) is 2.79. The summed E-state index contributed by atoms with van der Waals surface area (Å²) < 4.78 is 42.5. The van der Waals surface area contributed by atoms with Crippen LogP contribution in [0.1, 0.15) is 6.92 Å². The minimum Gasteiger partial charge on any atom is -0.480 e. The van der Waals surface area contributed by atoms with Crippen molar-refractivity contribution >= 4 is 50.8 Å². The van der Waals surface area contributed by atoms with Crippen LogP contribution in [0.5, 0.6) is 5.75 Å². The van der Waals surface area contributed by atoms with E-state index in [2.05, 4.69) is 5.32 Å². The van der Waals surface area contributed by atoms with Crippen LogP contribution in [0.2, 0.25) is 10.0 Å². The first-order chi connectivity index (χ1) is 15.7. The second-order valence-corrected chi connectivity index (χ2v) is 9.81. The molecular weight excluding hydrogens is 495 g/mol. The third-order valence-corrected chi connectivity index (χ3v) is 7.05. The van der Waals surface area contributed by atoms with Gasteiger partial charge in [-0.2, -0.15) is 4.31 Å². The fourth-order valence-electron chi connectivity index (χ4n) is 2.93. The fourth-order valence-corrected chi connectivity index (χ4v) is 4.85. The van der Waals surface area contributed by atoms with E-state index in [-0.39, 0.29) is 34.4 Å². The third kappa shape index (κ3) is 6.81. The van der Waals surface area contributed by atoms with Crippen molar-refractivity contribution in [2.45, 2.75) is 17.9 Å². The molecule has 9 nitrogen and oxygen atoms in total. The summed E-state index contributed by atoms with van der Waals surface area (Å²) in [6, 6.07) is 10.4. The number of anilines is 1. The van der Waals surface area contributed by atoms with Gasteiger partial charge < -0.3 is 19.5 Å². The molecule has 1 fully saturated rings. The van der Waals surface area contributed by atoms with Crippen LogP contribution in [-0.4, -0.2) is 63.6 Å². The van der Waals surface area contributed by atoms with E-state index in [1.54, 1.807) is 6.07 Å². The lowest BCUT2D eigenvalue weighted by molar-refractivity contribution is -0.155. The Morgan fingerprint density at radius 3 is 2.58 bits per heavy atom. The van der Waals surface area contributed by atoms with Gasteiger partial charge in [0.05, 0.1) is 23.1 Å². The Kier molecular flexibility index (Phi) is 8.55. The van der Waals surface area contributed by atoms with Crippen LogP contribution in [0.3, 0.4) is 0 Å². The molecule has 1 atom stereocenters. The molecule has 0 aliphatic carbocycles. The lowest BCUT2D eigenvalue weighted by atomic mass is 10.3. The molecule has 0 radical (unpaired) electrons. The van der Waals surface area contributed by atoms with E-state index in [0.717, 1.165) is 0 Å². The number of halogens is 2. The number of ether oxygens (including phenoxy) is 3. The average molecular weight is 517 g/mol. The normalized spacial score (nSPS) is 15.5. The van der Waals surface area contributed by atoms with E-state index in [1.165, 1.54) is 47.6 Å². The molecule has 0 aromatic heterocycles. The number of esters is 1. The number of nitrogens with zero attached hydrogens (tertiary/aromatic N) is 1. The number of amides is 1. The highest BCUT2D eigenvalue weighted by Crippen LogP contribution is 2.27. The first-order valence-electron chi connectivity index (χ1n) is 9.93. The Morgan fingerprint density at radius 2 is 1.88 bits per heavy atom. The van der Waals surface area contributed by atoms with Crippen LogP contribution in [0.25, 0.3) is 0 Å². The maximum Gasteiger partial charge on any atom is 0.344 e. The van der Waals surface area contributed by atoms with Crippen LogP contribution in [0.4, 0.5) is 5.69 Å². The molecule has 1 aliphatic rings. The molecule has 1 aliphatic heterocycles. The van der Waals surface area contributed by atoms with Gasteiger partial charge in [-0.15, -0.1) is 0 Å². The molecule has 0 bridgehead atoms. The summed E-state index contributed by atoms with van der Waals surface area (Å²) in [4.78, 5) is 24.5. The Balaban J connectivity index is 1.56. The van der Waals surface area contributed by atoms with Gasteiger partial charge in [0.25, 0.3) is 5.91 Å². The molecule has 2 aromatic carbocycles. The molecule has 12 heteroatoms. The number of rotatable bonds is 8. The fraction of sp³-hybridized carbons (Fsp3) is 0.333. The molecular formula is C21H22Cl2N2O7S. The van der Waals surface area contributed by atoms with Crippen LogP contribution >= 0.6 is 23.2 Å². The maximum atomic E-state index is 12.8. The van der Waals surface area contributed by atoms with Crippen molar-refractivity contribution in [2.75, 3.05) is 38.2 Å². The van der Waals surface area contributed by atoms with Crippen molar-refractivity contribution in [1.82, 2.24) is 4.31 Å². The predicted octanol–water partition coefficient (Wildman–Crippen LogP) is 2.96. The summed E-state index contributed by atoms with van der Waals surface area (Å²) in [5, 5.41) is 3.20. The third-order valence-electron chi connectivity index (χ3n) is 4.63. The molecule has 1 heterocycles. The quantitative estimate of drug-likeness (QED) is 0.536. The molecule has 1 N–H and O–H groups in total. The predicted molar refractivity (Wildman–Crippen MR) is 122 cm³/mol. The number of hydrogen-bond acceptors (Lipinski definition) is 7.